The quantitative estimate of drug-likeness (QED) is 0.815. The van der Waals surface area contributed by atoms with Crippen LogP contribution in [0, 0.1) is 0 Å². The first-order valence-electron chi connectivity index (χ1n) is 6.17. The maximum Gasteiger partial charge on any atom is 0.115 e. The van der Waals surface area contributed by atoms with Crippen molar-refractivity contribution in [2.45, 2.75) is 18.9 Å². The highest BCUT2D eigenvalue weighted by atomic mass is 79.9. The van der Waals surface area contributed by atoms with Crippen molar-refractivity contribution in [2.24, 2.45) is 0 Å². The lowest BCUT2D eigenvalue weighted by molar-refractivity contribution is 0.474. The minimum atomic E-state index is 0.295. The van der Waals surface area contributed by atoms with E-state index in [0.29, 0.717) is 16.8 Å². The summed E-state index contributed by atoms with van der Waals surface area (Å²) in [7, 11) is 0. The van der Waals surface area contributed by atoms with Crippen molar-refractivity contribution in [3.8, 4) is 5.75 Å². The fourth-order valence-corrected chi connectivity index (χ4v) is 3.04. The lowest BCUT2D eigenvalue weighted by Gasteiger charge is -2.16. The van der Waals surface area contributed by atoms with Crippen LogP contribution in [-0.2, 0) is 6.42 Å². The molecule has 0 aliphatic heterocycles. The summed E-state index contributed by atoms with van der Waals surface area (Å²) in [4.78, 5) is 0. The smallest absolute Gasteiger partial charge is 0.115 e. The van der Waals surface area contributed by atoms with Gasteiger partial charge in [-0.05, 0) is 70.2 Å². The van der Waals surface area contributed by atoms with Crippen molar-refractivity contribution in [1.29, 1.82) is 0 Å². The monoisotopic (exact) mass is 337 g/mol. The molecule has 0 radical (unpaired) electrons. The molecule has 2 N–H and O–H groups in total. The summed E-state index contributed by atoms with van der Waals surface area (Å²) in [6.07, 6.45) is 2.04. The van der Waals surface area contributed by atoms with Gasteiger partial charge in [-0.1, -0.05) is 17.7 Å². The molecule has 0 spiro atoms. The Morgan fingerprint density at radius 1 is 1.21 bits per heavy atom. The summed E-state index contributed by atoms with van der Waals surface area (Å²) in [5.41, 5.74) is 3.54. The molecule has 1 aliphatic carbocycles. The summed E-state index contributed by atoms with van der Waals surface area (Å²) >= 11 is 9.43. The molecule has 1 aliphatic rings. The fourth-order valence-electron chi connectivity index (χ4n) is 2.54. The molecule has 1 unspecified atom stereocenters. The normalized spacial score (nSPS) is 17.3. The zero-order chi connectivity index (χ0) is 13.4. The van der Waals surface area contributed by atoms with Crippen molar-refractivity contribution < 1.29 is 5.11 Å². The van der Waals surface area contributed by atoms with Crippen molar-refractivity contribution in [3.05, 3.63) is 57.0 Å². The fraction of sp³-hybridized carbons (Fsp3) is 0.200. The van der Waals surface area contributed by atoms with E-state index in [4.69, 9.17) is 11.6 Å². The Morgan fingerprint density at radius 3 is 2.84 bits per heavy atom. The number of hydrogen-bond acceptors (Lipinski definition) is 2. The third kappa shape index (κ3) is 2.58. The summed E-state index contributed by atoms with van der Waals surface area (Å²) in [6, 6.07) is 11.7. The average molecular weight is 339 g/mol. The van der Waals surface area contributed by atoms with E-state index in [1.54, 1.807) is 6.07 Å². The van der Waals surface area contributed by atoms with Crippen LogP contribution in [0.2, 0.25) is 5.02 Å². The van der Waals surface area contributed by atoms with E-state index in [0.717, 1.165) is 23.0 Å². The van der Waals surface area contributed by atoms with Gasteiger partial charge in [0.25, 0.3) is 0 Å². The number of benzene rings is 2. The lowest BCUT2D eigenvalue weighted by Crippen LogP contribution is -2.06. The van der Waals surface area contributed by atoms with Crippen LogP contribution in [-0.4, -0.2) is 5.11 Å². The van der Waals surface area contributed by atoms with Crippen LogP contribution in [0.4, 0.5) is 5.69 Å². The number of aryl methyl sites for hydroxylation is 1. The molecule has 19 heavy (non-hydrogen) atoms. The second kappa shape index (κ2) is 5.06. The van der Waals surface area contributed by atoms with Crippen LogP contribution in [0.3, 0.4) is 0 Å². The van der Waals surface area contributed by atoms with E-state index < -0.39 is 0 Å². The Morgan fingerprint density at radius 2 is 2.05 bits per heavy atom. The topological polar surface area (TPSA) is 32.3 Å². The van der Waals surface area contributed by atoms with E-state index in [9.17, 15) is 5.11 Å². The first-order valence-corrected chi connectivity index (χ1v) is 7.34. The van der Waals surface area contributed by atoms with Crippen molar-refractivity contribution in [3.63, 3.8) is 0 Å². The van der Waals surface area contributed by atoms with Crippen molar-refractivity contribution in [1.82, 2.24) is 0 Å². The van der Waals surface area contributed by atoms with E-state index in [2.05, 4.69) is 21.2 Å². The van der Waals surface area contributed by atoms with Crippen LogP contribution in [0.5, 0.6) is 5.75 Å². The largest absolute Gasteiger partial charge is 0.508 e. The van der Waals surface area contributed by atoms with Crippen molar-refractivity contribution in [2.75, 3.05) is 5.32 Å². The third-order valence-corrected chi connectivity index (χ3v) is 4.68. The summed E-state index contributed by atoms with van der Waals surface area (Å²) in [5.74, 6) is 0.341. The Labute approximate surface area is 125 Å². The molecule has 0 heterocycles. The van der Waals surface area contributed by atoms with Gasteiger partial charge >= 0.3 is 0 Å². The zero-order valence-corrected chi connectivity index (χ0v) is 12.5. The number of phenolic OH excluding ortho intramolecular Hbond substituents is 1. The lowest BCUT2D eigenvalue weighted by atomic mass is 10.1. The average Bonchev–Trinajstić information content (AvgIpc) is 2.76. The van der Waals surface area contributed by atoms with E-state index in [1.165, 1.54) is 11.1 Å². The maximum atomic E-state index is 9.50. The number of phenols is 1. The van der Waals surface area contributed by atoms with Gasteiger partial charge in [0, 0.05) is 10.2 Å². The molecule has 3 rings (SSSR count). The molecule has 0 fully saturated rings. The van der Waals surface area contributed by atoms with Crippen LogP contribution in [0.15, 0.2) is 40.9 Å². The van der Waals surface area contributed by atoms with Gasteiger partial charge in [0.1, 0.15) is 5.75 Å². The van der Waals surface area contributed by atoms with E-state index in [-0.39, 0.29) is 0 Å². The van der Waals surface area contributed by atoms with Gasteiger partial charge in [0.15, 0.2) is 0 Å². The first kappa shape index (κ1) is 12.8. The molecular weight excluding hydrogens is 326 g/mol. The van der Waals surface area contributed by atoms with Crippen molar-refractivity contribution >= 4 is 33.2 Å². The SMILES string of the molecule is Oc1ccc2c(c1)CCC2Nc1ccc(Cl)c(Br)c1. The first-order chi connectivity index (χ1) is 9.13. The Kier molecular flexibility index (Phi) is 3.42. The van der Waals surface area contributed by atoms with Gasteiger partial charge in [0.05, 0.1) is 11.1 Å². The predicted octanol–water partition coefficient (Wildman–Crippen LogP) is 4.91. The number of anilines is 1. The number of aromatic hydroxyl groups is 1. The van der Waals surface area contributed by atoms with Gasteiger partial charge < -0.3 is 10.4 Å². The van der Waals surface area contributed by atoms with Crippen LogP contribution in [0.25, 0.3) is 0 Å². The second-order valence-corrected chi connectivity index (χ2v) is 6.01. The van der Waals surface area contributed by atoms with Gasteiger partial charge in [-0.25, -0.2) is 0 Å². The molecule has 2 aromatic rings. The molecule has 2 nitrogen and oxygen atoms in total. The molecule has 0 amide bonds. The summed E-state index contributed by atoms with van der Waals surface area (Å²) < 4.78 is 0.892. The molecule has 0 bridgehead atoms. The Balaban J connectivity index is 1.84. The van der Waals surface area contributed by atoms with Gasteiger partial charge in [-0.3, -0.25) is 0 Å². The van der Waals surface area contributed by atoms with Crippen LogP contribution < -0.4 is 5.32 Å². The highest BCUT2D eigenvalue weighted by molar-refractivity contribution is 9.10. The number of fused-ring (bicyclic) bond motifs is 1. The molecular formula is C15H13BrClNO. The van der Waals surface area contributed by atoms with E-state index in [1.807, 2.05) is 30.3 Å². The number of rotatable bonds is 2. The van der Waals surface area contributed by atoms with Crippen LogP contribution in [0.1, 0.15) is 23.6 Å². The minimum Gasteiger partial charge on any atom is -0.508 e. The highest BCUT2D eigenvalue weighted by Gasteiger charge is 2.22. The summed E-state index contributed by atoms with van der Waals surface area (Å²) in [5, 5.41) is 13.7. The Bertz CT molecular complexity index is 630. The molecule has 4 heteroatoms. The minimum absolute atomic E-state index is 0.295. The molecule has 0 saturated carbocycles. The predicted molar refractivity (Wildman–Crippen MR) is 81.9 cm³/mol. The molecule has 1 atom stereocenters. The van der Waals surface area contributed by atoms with E-state index >= 15 is 0 Å². The molecule has 0 aromatic heterocycles. The number of nitrogens with one attached hydrogen (secondary N) is 1. The highest BCUT2D eigenvalue weighted by Crippen LogP contribution is 2.36. The number of halogens is 2. The molecule has 2 aromatic carbocycles. The standard InChI is InChI=1S/C15H13BrClNO/c16-13-8-10(2-5-14(13)17)18-15-6-1-9-7-11(19)3-4-12(9)15/h2-5,7-8,15,18-19H,1,6H2. The maximum absolute atomic E-state index is 9.50. The second-order valence-electron chi connectivity index (χ2n) is 4.75. The van der Waals surface area contributed by atoms with Gasteiger partial charge in [-0.2, -0.15) is 0 Å². The zero-order valence-electron chi connectivity index (χ0n) is 10.2. The number of hydrogen-bond donors (Lipinski definition) is 2. The van der Waals surface area contributed by atoms with Crippen LogP contribution >= 0.6 is 27.5 Å². The Hall–Kier alpha value is -1.19. The van der Waals surface area contributed by atoms with Gasteiger partial charge in [-0.15, -0.1) is 0 Å². The third-order valence-electron chi connectivity index (χ3n) is 3.46. The van der Waals surface area contributed by atoms with Gasteiger partial charge in [0.2, 0.25) is 0 Å². The summed E-state index contributed by atoms with van der Waals surface area (Å²) in [6.45, 7) is 0. The molecule has 0 saturated heterocycles. The molecule has 98 valence electrons.